The monoisotopic (exact) mass is 570 g/mol. The van der Waals surface area contributed by atoms with Crippen LogP contribution in [0.15, 0.2) is 59.1 Å². The highest BCUT2D eigenvalue weighted by Gasteiger charge is 2.29. The molecule has 0 bridgehead atoms. The van der Waals surface area contributed by atoms with E-state index in [0.717, 1.165) is 42.6 Å². The summed E-state index contributed by atoms with van der Waals surface area (Å²) in [4.78, 5) is 23.6. The van der Waals surface area contributed by atoms with Crippen molar-refractivity contribution in [3.05, 3.63) is 64.7 Å². The molecule has 0 aliphatic carbocycles. The number of hydrogen-bond acceptors (Lipinski definition) is 7. The molecule has 1 saturated heterocycles. The molecular formula is C32H47ClN4O3. The van der Waals surface area contributed by atoms with Crippen LogP contribution in [0.25, 0.3) is 0 Å². The maximum absolute atomic E-state index is 11.9. The van der Waals surface area contributed by atoms with Gasteiger partial charge in [0, 0.05) is 44.8 Å². The van der Waals surface area contributed by atoms with Crippen LogP contribution in [0.4, 0.5) is 0 Å². The molecule has 0 spiro atoms. The highest BCUT2D eigenvalue weighted by atomic mass is 35.5. The van der Waals surface area contributed by atoms with Crippen molar-refractivity contribution in [2.24, 2.45) is 16.8 Å². The Hall–Kier alpha value is -2.77. The molecule has 0 aromatic heterocycles. The minimum absolute atomic E-state index is 0.0801. The van der Waals surface area contributed by atoms with Crippen LogP contribution < -0.4 is 4.74 Å². The Bertz CT molecular complexity index is 1120. The Kier molecular flexibility index (Phi) is 12.1. The van der Waals surface area contributed by atoms with Gasteiger partial charge in [-0.05, 0) is 55.0 Å². The molecule has 1 unspecified atom stereocenters. The highest BCUT2D eigenvalue weighted by molar-refractivity contribution is 6.31. The van der Waals surface area contributed by atoms with Crippen LogP contribution in [-0.2, 0) is 4.74 Å². The van der Waals surface area contributed by atoms with E-state index in [4.69, 9.17) is 26.1 Å². The van der Waals surface area contributed by atoms with E-state index in [1.165, 1.54) is 26.2 Å². The molecule has 7 nitrogen and oxygen atoms in total. The lowest BCUT2D eigenvalue weighted by Gasteiger charge is -2.42. The molecule has 2 aliphatic rings. The molecule has 0 radical (unpaired) electrons. The molecule has 0 saturated carbocycles. The standard InChI is InChI=1S/C32H47ClN4O3/c1-8-9-10-11-24(3)25(4)18-30-34-31(37-21-23(2)22-37)20-32(36(30)7)35(6)14-15-39-16-17-40-29-13-12-27(33)19-28(29)26(5)38/h12-13,18-20,23-24H,4,8-11,14-17,21-22H2,1-3,5-7H3/b30-18-. The molecule has 220 valence electrons. The third-order valence-corrected chi connectivity index (χ3v) is 7.75. The van der Waals surface area contributed by atoms with Gasteiger partial charge in [0.25, 0.3) is 0 Å². The zero-order valence-corrected chi connectivity index (χ0v) is 26.0. The summed E-state index contributed by atoms with van der Waals surface area (Å²) in [6, 6.07) is 5.08. The van der Waals surface area contributed by atoms with Crippen LogP contribution in [0.3, 0.4) is 0 Å². The molecule has 8 heteroatoms. The lowest BCUT2D eigenvalue weighted by Crippen LogP contribution is -2.50. The molecule has 0 N–H and O–H groups in total. The van der Waals surface area contributed by atoms with E-state index < -0.39 is 0 Å². The predicted molar refractivity (Wildman–Crippen MR) is 165 cm³/mol. The first-order valence-electron chi connectivity index (χ1n) is 14.5. The Labute approximate surface area is 246 Å². The first-order chi connectivity index (χ1) is 19.1. The van der Waals surface area contributed by atoms with Gasteiger partial charge in [-0.25, -0.2) is 4.99 Å². The van der Waals surface area contributed by atoms with Gasteiger partial charge in [-0.1, -0.05) is 58.2 Å². The minimum atomic E-state index is -0.0801. The fraction of sp³-hybridized carbons (Fsp3) is 0.562. The van der Waals surface area contributed by atoms with Crippen molar-refractivity contribution in [3.8, 4) is 5.75 Å². The van der Waals surface area contributed by atoms with Crippen molar-refractivity contribution in [1.29, 1.82) is 0 Å². The number of allylic oxidation sites excluding steroid dienone is 2. The van der Waals surface area contributed by atoms with Gasteiger partial charge in [-0.2, -0.15) is 0 Å². The Balaban J connectivity index is 1.57. The average molecular weight is 571 g/mol. The summed E-state index contributed by atoms with van der Waals surface area (Å²) in [7, 11) is 4.14. The second-order valence-corrected chi connectivity index (χ2v) is 11.5. The first-order valence-corrected chi connectivity index (χ1v) is 14.9. The molecule has 1 aromatic rings. The third-order valence-electron chi connectivity index (χ3n) is 7.52. The van der Waals surface area contributed by atoms with Crippen LogP contribution in [0, 0.1) is 11.8 Å². The van der Waals surface area contributed by atoms with Crippen LogP contribution in [0.1, 0.15) is 63.7 Å². The summed E-state index contributed by atoms with van der Waals surface area (Å²) in [6.45, 7) is 16.7. The molecule has 0 amide bonds. The number of hydrogen-bond donors (Lipinski definition) is 0. The molecular weight excluding hydrogens is 524 g/mol. The van der Waals surface area contributed by atoms with E-state index in [1.54, 1.807) is 18.2 Å². The number of benzene rings is 1. The molecule has 3 rings (SSSR count). The second kappa shape index (κ2) is 15.3. The van der Waals surface area contributed by atoms with Crippen molar-refractivity contribution < 1.29 is 14.3 Å². The molecule has 2 aliphatic heterocycles. The van der Waals surface area contributed by atoms with E-state index >= 15 is 0 Å². The molecule has 2 heterocycles. The van der Waals surface area contributed by atoms with Gasteiger partial charge >= 0.3 is 0 Å². The van der Waals surface area contributed by atoms with E-state index in [-0.39, 0.29) is 5.78 Å². The van der Waals surface area contributed by atoms with Crippen LogP contribution in [0.5, 0.6) is 5.75 Å². The van der Waals surface area contributed by atoms with Crippen LogP contribution in [0.2, 0.25) is 5.02 Å². The molecule has 1 atom stereocenters. The maximum Gasteiger partial charge on any atom is 0.163 e. The predicted octanol–water partition coefficient (Wildman–Crippen LogP) is 6.62. The number of aliphatic imine (C=N–C) groups is 1. The van der Waals surface area contributed by atoms with Crippen molar-refractivity contribution in [2.75, 3.05) is 53.6 Å². The average Bonchev–Trinajstić information content (AvgIpc) is 2.90. The van der Waals surface area contributed by atoms with Gasteiger partial charge in [0.1, 0.15) is 29.8 Å². The summed E-state index contributed by atoms with van der Waals surface area (Å²) < 4.78 is 11.7. The van der Waals surface area contributed by atoms with Crippen molar-refractivity contribution in [2.45, 2.75) is 53.4 Å². The Morgan fingerprint density at radius 2 is 2.02 bits per heavy atom. The normalized spacial score (nSPS) is 17.3. The molecule has 1 aromatic carbocycles. The van der Waals surface area contributed by atoms with Crippen LogP contribution in [-0.4, -0.2) is 79.9 Å². The SMILES string of the molecule is C=C(/C=C1/N=C(N2CC(C)C2)C=C(N(C)CCOCCOc2ccc(Cl)cc2C(C)=O)N1C)C(C)CCCCC. The Morgan fingerprint density at radius 3 is 2.70 bits per heavy atom. The lowest BCUT2D eigenvalue weighted by molar-refractivity contribution is 0.0849. The summed E-state index contributed by atoms with van der Waals surface area (Å²) in [5, 5.41) is 0.513. The number of Topliss-reactive ketones (excluding diaryl/α,β-unsaturated/α-hetero) is 1. The lowest BCUT2D eigenvalue weighted by atomic mass is 9.95. The fourth-order valence-electron chi connectivity index (χ4n) is 4.82. The van der Waals surface area contributed by atoms with Crippen LogP contribution >= 0.6 is 11.6 Å². The van der Waals surface area contributed by atoms with Gasteiger partial charge in [0.05, 0.1) is 18.8 Å². The zero-order chi connectivity index (χ0) is 29.2. The number of rotatable bonds is 15. The topological polar surface area (TPSA) is 57.6 Å². The Morgan fingerprint density at radius 1 is 1.27 bits per heavy atom. The number of likely N-dealkylation sites (tertiary alicyclic amines) is 1. The van der Waals surface area contributed by atoms with Crippen molar-refractivity contribution in [1.82, 2.24) is 14.7 Å². The number of carbonyl (C=O) groups is 1. The number of halogens is 1. The minimum Gasteiger partial charge on any atom is -0.490 e. The number of unbranched alkanes of at least 4 members (excludes halogenated alkanes) is 2. The largest absolute Gasteiger partial charge is 0.490 e. The fourth-order valence-corrected chi connectivity index (χ4v) is 5.00. The summed E-state index contributed by atoms with van der Waals surface area (Å²) in [5.74, 6) is 4.57. The van der Waals surface area contributed by atoms with Gasteiger partial charge < -0.3 is 24.2 Å². The van der Waals surface area contributed by atoms with Gasteiger partial charge in [0.2, 0.25) is 0 Å². The summed E-state index contributed by atoms with van der Waals surface area (Å²) in [6.07, 6.45) is 9.19. The number of carbonyl (C=O) groups excluding carboxylic acids is 1. The van der Waals surface area contributed by atoms with E-state index in [1.807, 2.05) is 0 Å². The maximum atomic E-state index is 11.9. The first kappa shape index (κ1) is 31.8. The number of ketones is 1. The quantitative estimate of drug-likeness (QED) is 0.174. The molecule has 40 heavy (non-hydrogen) atoms. The number of nitrogens with zero attached hydrogens (tertiary/aromatic N) is 4. The van der Waals surface area contributed by atoms with E-state index in [2.05, 4.69) is 68.3 Å². The number of likely N-dealkylation sites (N-methyl/N-ethyl adjacent to an activating group) is 1. The van der Waals surface area contributed by atoms with E-state index in [0.29, 0.717) is 54.5 Å². The molecule has 1 fully saturated rings. The summed E-state index contributed by atoms with van der Waals surface area (Å²) in [5.41, 5.74) is 1.61. The zero-order valence-electron chi connectivity index (χ0n) is 25.2. The van der Waals surface area contributed by atoms with Gasteiger partial charge in [0.15, 0.2) is 5.78 Å². The number of amidine groups is 1. The highest BCUT2D eigenvalue weighted by Crippen LogP contribution is 2.28. The summed E-state index contributed by atoms with van der Waals surface area (Å²) >= 11 is 6.02. The van der Waals surface area contributed by atoms with E-state index in [9.17, 15) is 4.79 Å². The third kappa shape index (κ3) is 8.87. The van der Waals surface area contributed by atoms with Gasteiger partial charge in [-0.15, -0.1) is 0 Å². The van der Waals surface area contributed by atoms with Gasteiger partial charge in [-0.3, -0.25) is 4.79 Å². The van der Waals surface area contributed by atoms with Crippen molar-refractivity contribution in [3.63, 3.8) is 0 Å². The second-order valence-electron chi connectivity index (χ2n) is 11.1. The number of ether oxygens (including phenoxy) is 2. The van der Waals surface area contributed by atoms with Crippen molar-refractivity contribution >= 4 is 23.2 Å². The smallest absolute Gasteiger partial charge is 0.163 e.